The number of amides is 1. The van der Waals surface area contributed by atoms with Crippen LogP contribution in [0.1, 0.15) is 31.2 Å². The Morgan fingerprint density at radius 2 is 2.45 bits per heavy atom. The van der Waals surface area contributed by atoms with Crippen LogP contribution < -0.4 is 10.6 Å². The molecule has 0 aromatic carbocycles. The minimum Gasteiger partial charge on any atom is -0.355 e. The molecule has 0 unspecified atom stereocenters. The standard InChI is InChI=1S/C16H23N3O/c20-15(19-9-6-13-4-3-8-17-10-13)16-7-2-1-5-14(16)11-18-12-16/h3-4,8,10,14,18H,1-2,5-7,9,11-12H2,(H,19,20)/t14-,16+/m0/s1. The van der Waals surface area contributed by atoms with Crippen molar-refractivity contribution in [1.82, 2.24) is 15.6 Å². The van der Waals surface area contributed by atoms with Crippen LogP contribution >= 0.6 is 0 Å². The molecular formula is C16H23N3O. The van der Waals surface area contributed by atoms with E-state index in [1.165, 1.54) is 24.8 Å². The molecule has 2 heterocycles. The van der Waals surface area contributed by atoms with Crippen molar-refractivity contribution < 1.29 is 4.79 Å². The molecule has 108 valence electrons. The zero-order chi connectivity index (χ0) is 13.8. The summed E-state index contributed by atoms with van der Waals surface area (Å²) in [5, 5.41) is 6.58. The van der Waals surface area contributed by atoms with Crippen LogP contribution in [0.15, 0.2) is 24.5 Å². The summed E-state index contributed by atoms with van der Waals surface area (Å²) in [7, 11) is 0. The topological polar surface area (TPSA) is 54.0 Å². The zero-order valence-electron chi connectivity index (χ0n) is 11.9. The minimum atomic E-state index is -0.132. The van der Waals surface area contributed by atoms with Gasteiger partial charge in [-0.25, -0.2) is 0 Å². The average Bonchev–Trinajstić information content (AvgIpc) is 2.93. The Kier molecular flexibility index (Phi) is 4.01. The summed E-state index contributed by atoms with van der Waals surface area (Å²) in [4.78, 5) is 16.7. The molecule has 0 bridgehead atoms. The predicted molar refractivity (Wildman–Crippen MR) is 78.2 cm³/mol. The molecule has 1 amide bonds. The van der Waals surface area contributed by atoms with E-state index >= 15 is 0 Å². The summed E-state index contributed by atoms with van der Waals surface area (Å²) in [6, 6.07) is 3.99. The van der Waals surface area contributed by atoms with Gasteiger partial charge in [-0.3, -0.25) is 9.78 Å². The van der Waals surface area contributed by atoms with Gasteiger partial charge in [-0.15, -0.1) is 0 Å². The minimum absolute atomic E-state index is 0.132. The van der Waals surface area contributed by atoms with Crippen molar-refractivity contribution in [3.8, 4) is 0 Å². The van der Waals surface area contributed by atoms with Gasteiger partial charge < -0.3 is 10.6 Å². The van der Waals surface area contributed by atoms with E-state index in [-0.39, 0.29) is 11.3 Å². The predicted octanol–water partition coefficient (Wildman–Crippen LogP) is 1.52. The molecule has 0 spiro atoms. The lowest BCUT2D eigenvalue weighted by Crippen LogP contribution is -2.48. The smallest absolute Gasteiger partial charge is 0.227 e. The fourth-order valence-electron chi connectivity index (χ4n) is 3.73. The van der Waals surface area contributed by atoms with Crippen LogP contribution in [0.5, 0.6) is 0 Å². The van der Waals surface area contributed by atoms with E-state index in [0.717, 1.165) is 25.9 Å². The van der Waals surface area contributed by atoms with Gasteiger partial charge in [-0.2, -0.15) is 0 Å². The number of hydrogen-bond acceptors (Lipinski definition) is 3. The van der Waals surface area contributed by atoms with Crippen molar-refractivity contribution >= 4 is 5.91 Å². The number of carbonyl (C=O) groups is 1. The summed E-state index contributed by atoms with van der Waals surface area (Å²) in [5.41, 5.74) is 1.04. The second kappa shape index (κ2) is 5.92. The fourth-order valence-corrected chi connectivity index (χ4v) is 3.73. The van der Waals surface area contributed by atoms with E-state index in [2.05, 4.69) is 21.7 Å². The number of nitrogens with one attached hydrogen (secondary N) is 2. The van der Waals surface area contributed by atoms with Crippen LogP contribution in [0.25, 0.3) is 0 Å². The maximum Gasteiger partial charge on any atom is 0.227 e. The lowest BCUT2D eigenvalue weighted by molar-refractivity contribution is -0.133. The highest BCUT2D eigenvalue weighted by molar-refractivity contribution is 5.83. The van der Waals surface area contributed by atoms with Crippen LogP contribution in [0, 0.1) is 11.3 Å². The molecule has 1 aliphatic heterocycles. The second-order valence-corrected chi connectivity index (χ2v) is 6.10. The SMILES string of the molecule is O=C(NCCc1cccnc1)[C@@]12CCCC[C@H]1CNC2. The van der Waals surface area contributed by atoms with Crippen molar-refractivity contribution in [2.75, 3.05) is 19.6 Å². The maximum atomic E-state index is 12.6. The third-order valence-electron chi connectivity index (χ3n) is 4.91. The quantitative estimate of drug-likeness (QED) is 0.874. The number of pyridine rings is 1. The number of carbonyl (C=O) groups excluding carboxylic acids is 1. The largest absolute Gasteiger partial charge is 0.355 e. The van der Waals surface area contributed by atoms with Gasteiger partial charge in [0, 0.05) is 25.5 Å². The molecular weight excluding hydrogens is 250 g/mol. The third kappa shape index (κ3) is 2.57. The van der Waals surface area contributed by atoms with Gasteiger partial charge in [-0.05, 0) is 43.4 Å². The van der Waals surface area contributed by atoms with Crippen molar-refractivity contribution in [2.45, 2.75) is 32.1 Å². The molecule has 3 rings (SSSR count). The van der Waals surface area contributed by atoms with Crippen LogP contribution in [-0.2, 0) is 11.2 Å². The first-order valence-electron chi connectivity index (χ1n) is 7.69. The van der Waals surface area contributed by atoms with Gasteiger partial charge >= 0.3 is 0 Å². The number of aromatic nitrogens is 1. The van der Waals surface area contributed by atoms with Gasteiger partial charge in [0.05, 0.1) is 5.41 Å². The summed E-state index contributed by atoms with van der Waals surface area (Å²) < 4.78 is 0. The Bertz CT molecular complexity index is 462. The first kappa shape index (κ1) is 13.6. The first-order chi connectivity index (χ1) is 9.81. The number of hydrogen-bond donors (Lipinski definition) is 2. The van der Waals surface area contributed by atoms with Crippen molar-refractivity contribution in [2.24, 2.45) is 11.3 Å². The molecule has 1 aliphatic carbocycles. The first-order valence-corrected chi connectivity index (χ1v) is 7.69. The van der Waals surface area contributed by atoms with E-state index < -0.39 is 0 Å². The van der Waals surface area contributed by atoms with E-state index in [1.54, 1.807) is 6.20 Å². The number of nitrogens with zero attached hydrogens (tertiary/aromatic N) is 1. The maximum absolute atomic E-state index is 12.6. The lowest BCUT2D eigenvalue weighted by Gasteiger charge is -2.37. The molecule has 2 aliphatic rings. The van der Waals surface area contributed by atoms with E-state index in [0.29, 0.717) is 12.5 Å². The molecule has 4 nitrogen and oxygen atoms in total. The molecule has 1 aromatic heterocycles. The molecule has 2 atom stereocenters. The number of fused-ring (bicyclic) bond motifs is 1. The summed E-state index contributed by atoms with van der Waals surface area (Å²) in [6.07, 6.45) is 9.20. The summed E-state index contributed by atoms with van der Waals surface area (Å²) in [6.45, 7) is 2.57. The van der Waals surface area contributed by atoms with Gasteiger partial charge in [-0.1, -0.05) is 18.9 Å². The summed E-state index contributed by atoms with van der Waals surface area (Å²) in [5.74, 6) is 0.797. The Morgan fingerprint density at radius 1 is 1.50 bits per heavy atom. The molecule has 2 fully saturated rings. The van der Waals surface area contributed by atoms with Crippen molar-refractivity contribution in [3.05, 3.63) is 30.1 Å². The molecule has 4 heteroatoms. The monoisotopic (exact) mass is 273 g/mol. The fraction of sp³-hybridized carbons (Fsp3) is 0.625. The van der Waals surface area contributed by atoms with Gasteiger partial charge in [0.15, 0.2) is 0 Å². The second-order valence-electron chi connectivity index (χ2n) is 6.10. The average molecular weight is 273 g/mol. The van der Waals surface area contributed by atoms with Gasteiger partial charge in [0.1, 0.15) is 0 Å². The molecule has 1 saturated heterocycles. The Hall–Kier alpha value is -1.42. The molecule has 2 N–H and O–H groups in total. The molecule has 0 radical (unpaired) electrons. The van der Waals surface area contributed by atoms with E-state index in [1.807, 2.05) is 12.3 Å². The van der Waals surface area contributed by atoms with Crippen molar-refractivity contribution in [3.63, 3.8) is 0 Å². The highest BCUT2D eigenvalue weighted by Gasteiger charge is 2.49. The highest BCUT2D eigenvalue weighted by Crippen LogP contribution is 2.43. The Balaban J connectivity index is 1.56. The number of rotatable bonds is 4. The van der Waals surface area contributed by atoms with Crippen LogP contribution in [0.2, 0.25) is 0 Å². The Morgan fingerprint density at radius 3 is 3.30 bits per heavy atom. The van der Waals surface area contributed by atoms with E-state index in [4.69, 9.17) is 0 Å². The molecule has 1 saturated carbocycles. The van der Waals surface area contributed by atoms with Gasteiger partial charge in [0.25, 0.3) is 0 Å². The normalized spacial score (nSPS) is 28.9. The lowest BCUT2D eigenvalue weighted by atomic mass is 9.67. The Labute approximate surface area is 120 Å². The van der Waals surface area contributed by atoms with Crippen LogP contribution in [0.4, 0.5) is 0 Å². The molecule has 1 aromatic rings. The molecule has 20 heavy (non-hydrogen) atoms. The van der Waals surface area contributed by atoms with Crippen molar-refractivity contribution in [1.29, 1.82) is 0 Å². The zero-order valence-corrected chi connectivity index (χ0v) is 11.9. The highest BCUT2D eigenvalue weighted by atomic mass is 16.2. The summed E-state index contributed by atoms with van der Waals surface area (Å²) >= 11 is 0. The third-order valence-corrected chi connectivity index (χ3v) is 4.91. The van der Waals surface area contributed by atoms with E-state index in [9.17, 15) is 4.79 Å². The van der Waals surface area contributed by atoms with Crippen LogP contribution in [0.3, 0.4) is 0 Å². The van der Waals surface area contributed by atoms with Gasteiger partial charge in [0.2, 0.25) is 5.91 Å². The van der Waals surface area contributed by atoms with Crippen LogP contribution in [-0.4, -0.2) is 30.5 Å².